The Labute approximate surface area is 135 Å². The molecule has 1 aromatic heterocycles. The van der Waals surface area contributed by atoms with Crippen LogP contribution >= 0.6 is 11.8 Å². The van der Waals surface area contributed by atoms with E-state index in [1.807, 2.05) is 4.57 Å². The van der Waals surface area contributed by atoms with Gasteiger partial charge in [0.15, 0.2) is 0 Å². The summed E-state index contributed by atoms with van der Waals surface area (Å²) in [6, 6.07) is 4.73. The van der Waals surface area contributed by atoms with Gasteiger partial charge in [0.2, 0.25) is 0 Å². The third-order valence-corrected chi connectivity index (χ3v) is 4.47. The van der Waals surface area contributed by atoms with Gasteiger partial charge < -0.3 is 9.88 Å². The summed E-state index contributed by atoms with van der Waals surface area (Å²) in [5, 5.41) is 2.68. The van der Waals surface area contributed by atoms with Crippen molar-refractivity contribution in [1.82, 2.24) is 14.9 Å². The Morgan fingerprint density at radius 3 is 2.70 bits per heavy atom. The highest BCUT2D eigenvalue weighted by Crippen LogP contribution is 2.29. The third kappa shape index (κ3) is 3.69. The number of hydrogen-bond acceptors (Lipinski definition) is 3. The summed E-state index contributed by atoms with van der Waals surface area (Å²) >= 11 is 1.77. The van der Waals surface area contributed by atoms with Crippen LogP contribution in [0.2, 0.25) is 0 Å². The van der Waals surface area contributed by atoms with Crippen molar-refractivity contribution in [3.63, 3.8) is 0 Å². The smallest absolute Gasteiger partial charge is 0.347 e. The molecule has 4 nitrogen and oxygen atoms in total. The van der Waals surface area contributed by atoms with Crippen LogP contribution in [0.25, 0.3) is 0 Å². The Balaban J connectivity index is 1.61. The molecule has 3 rings (SSSR count). The normalized spacial score (nSPS) is 14.4. The van der Waals surface area contributed by atoms with E-state index in [-0.39, 0.29) is 12.5 Å². The summed E-state index contributed by atoms with van der Waals surface area (Å²) in [6.07, 6.45) is -2.63. The fourth-order valence-electron chi connectivity index (χ4n) is 2.28. The van der Waals surface area contributed by atoms with Crippen molar-refractivity contribution in [3.8, 4) is 0 Å². The molecule has 0 atom stereocenters. The molecule has 0 spiro atoms. The topological polar surface area (TPSA) is 46.9 Å². The number of alkyl halides is 3. The van der Waals surface area contributed by atoms with Crippen LogP contribution in [-0.4, -0.2) is 21.2 Å². The van der Waals surface area contributed by atoms with Gasteiger partial charge in [0.1, 0.15) is 11.5 Å². The van der Waals surface area contributed by atoms with Crippen LogP contribution in [-0.2, 0) is 25.0 Å². The van der Waals surface area contributed by atoms with E-state index in [0.29, 0.717) is 11.3 Å². The van der Waals surface area contributed by atoms with Crippen molar-refractivity contribution in [3.05, 3.63) is 53.1 Å². The van der Waals surface area contributed by atoms with E-state index in [0.717, 1.165) is 36.0 Å². The molecule has 0 unspecified atom stereocenters. The summed E-state index contributed by atoms with van der Waals surface area (Å²) in [4.78, 5) is 16.4. The maximum absolute atomic E-state index is 12.5. The lowest BCUT2D eigenvalue weighted by atomic mass is 10.1. The second kappa shape index (κ2) is 6.27. The minimum Gasteiger partial charge on any atom is -0.347 e. The van der Waals surface area contributed by atoms with Crippen molar-refractivity contribution >= 4 is 17.7 Å². The fourth-order valence-corrected chi connectivity index (χ4v) is 3.17. The monoisotopic (exact) mass is 341 g/mol. The van der Waals surface area contributed by atoms with E-state index in [9.17, 15) is 18.0 Å². The zero-order chi connectivity index (χ0) is 16.4. The quantitative estimate of drug-likeness (QED) is 0.933. The van der Waals surface area contributed by atoms with Gasteiger partial charge in [0.25, 0.3) is 5.91 Å². The second-order valence-electron chi connectivity index (χ2n) is 5.17. The molecule has 1 aromatic carbocycles. The molecule has 1 aliphatic heterocycles. The third-order valence-electron chi connectivity index (χ3n) is 3.53. The van der Waals surface area contributed by atoms with Crippen LogP contribution < -0.4 is 5.32 Å². The molecule has 0 fully saturated rings. The summed E-state index contributed by atoms with van der Waals surface area (Å²) in [7, 11) is 0. The Morgan fingerprint density at radius 2 is 2.04 bits per heavy atom. The number of halogens is 3. The van der Waals surface area contributed by atoms with E-state index in [1.165, 1.54) is 12.1 Å². The number of amides is 1. The molecule has 0 aliphatic carbocycles. The lowest BCUT2D eigenvalue weighted by Gasteiger charge is -2.11. The van der Waals surface area contributed by atoms with Gasteiger partial charge in [0, 0.05) is 25.0 Å². The first-order valence-corrected chi connectivity index (χ1v) is 8.17. The van der Waals surface area contributed by atoms with Crippen LogP contribution in [0, 0.1) is 0 Å². The molecule has 0 saturated heterocycles. The van der Waals surface area contributed by atoms with Crippen molar-refractivity contribution in [1.29, 1.82) is 0 Å². The summed E-state index contributed by atoms with van der Waals surface area (Å²) < 4.78 is 39.4. The minimum absolute atomic E-state index is 0.161. The van der Waals surface area contributed by atoms with E-state index < -0.39 is 11.7 Å². The highest BCUT2D eigenvalue weighted by Gasteiger charge is 2.29. The standard InChI is InChI=1S/C15H14F3N3OS/c16-15(17,18)11-3-1-10(2-4-11)7-19-14(22)12-8-21-5-6-23-9-13(21)20-12/h1-4,8H,5-7,9H2,(H,19,22). The highest BCUT2D eigenvalue weighted by atomic mass is 32.2. The van der Waals surface area contributed by atoms with Gasteiger partial charge in [-0.05, 0) is 17.7 Å². The zero-order valence-corrected chi connectivity index (χ0v) is 12.9. The Hall–Kier alpha value is -1.96. The first-order valence-electron chi connectivity index (χ1n) is 7.01. The van der Waals surface area contributed by atoms with Gasteiger partial charge in [0.05, 0.1) is 11.3 Å². The van der Waals surface area contributed by atoms with Crippen molar-refractivity contribution in [2.45, 2.75) is 25.0 Å². The van der Waals surface area contributed by atoms with E-state index in [4.69, 9.17) is 0 Å². The predicted molar refractivity (Wildman–Crippen MR) is 81.0 cm³/mol. The molecule has 1 amide bonds. The van der Waals surface area contributed by atoms with Crippen molar-refractivity contribution < 1.29 is 18.0 Å². The molecule has 2 aromatic rings. The Kier molecular flexibility index (Phi) is 4.34. The van der Waals surface area contributed by atoms with Crippen LogP contribution in [0.3, 0.4) is 0 Å². The SMILES string of the molecule is O=C(NCc1ccc(C(F)(F)F)cc1)c1cn2c(n1)CSCC2. The number of imidazole rings is 1. The number of aryl methyl sites for hydroxylation is 1. The maximum atomic E-state index is 12.5. The number of carbonyl (C=O) groups excluding carboxylic acids is 1. The second-order valence-corrected chi connectivity index (χ2v) is 6.27. The van der Waals surface area contributed by atoms with Gasteiger partial charge in [-0.1, -0.05) is 12.1 Å². The van der Waals surface area contributed by atoms with Crippen LogP contribution in [0.15, 0.2) is 30.5 Å². The van der Waals surface area contributed by atoms with Gasteiger partial charge in [-0.2, -0.15) is 24.9 Å². The van der Waals surface area contributed by atoms with E-state index in [2.05, 4.69) is 10.3 Å². The molecule has 122 valence electrons. The molecular formula is C15H14F3N3OS. The molecule has 1 N–H and O–H groups in total. The number of aromatic nitrogens is 2. The summed E-state index contributed by atoms with van der Waals surface area (Å²) in [6.45, 7) is 0.993. The van der Waals surface area contributed by atoms with Crippen molar-refractivity contribution in [2.75, 3.05) is 5.75 Å². The number of nitrogens with one attached hydrogen (secondary N) is 1. The molecule has 1 aliphatic rings. The van der Waals surface area contributed by atoms with Crippen LogP contribution in [0.4, 0.5) is 13.2 Å². The molecule has 2 heterocycles. The van der Waals surface area contributed by atoms with E-state index >= 15 is 0 Å². The highest BCUT2D eigenvalue weighted by molar-refractivity contribution is 7.98. The molecule has 0 radical (unpaired) electrons. The summed E-state index contributed by atoms with van der Waals surface area (Å²) in [5.74, 6) is 2.33. The maximum Gasteiger partial charge on any atom is 0.416 e. The average Bonchev–Trinajstić information content (AvgIpc) is 2.96. The number of hydrogen-bond donors (Lipinski definition) is 1. The minimum atomic E-state index is -4.35. The van der Waals surface area contributed by atoms with Crippen molar-refractivity contribution in [2.24, 2.45) is 0 Å². The number of carbonyl (C=O) groups is 1. The molecule has 0 bridgehead atoms. The van der Waals surface area contributed by atoms with Gasteiger partial charge in [-0.3, -0.25) is 4.79 Å². The first-order chi connectivity index (χ1) is 10.9. The number of benzene rings is 1. The predicted octanol–water partition coefficient (Wildman–Crippen LogP) is 3.08. The number of thioether (sulfide) groups is 1. The average molecular weight is 341 g/mol. The Bertz CT molecular complexity index is 686. The van der Waals surface area contributed by atoms with Crippen LogP contribution in [0.5, 0.6) is 0 Å². The summed E-state index contributed by atoms with van der Waals surface area (Å²) in [5.41, 5.74) is 0.243. The number of fused-ring (bicyclic) bond motifs is 1. The van der Waals surface area contributed by atoms with Gasteiger partial charge in [-0.25, -0.2) is 4.98 Å². The van der Waals surface area contributed by atoms with Gasteiger partial charge >= 0.3 is 6.18 Å². The van der Waals surface area contributed by atoms with Crippen LogP contribution in [0.1, 0.15) is 27.4 Å². The first kappa shape index (κ1) is 15.9. The Morgan fingerprint density at radius 1 is 1.30 bits per heavy atom. The molecule has 0 saturated carbocycles. The number of nitrogens with zero attached hydrogens (tertiary/aromatic N) is 2. The largest absolute Gasteiger partial charge is 0.416 e. The van der Waals surface area contributed by atoms with Gasteiger partial charge in [-0.15, -0.1) is 0 Å². The number of rotatable bonds is 3. The molecular weight excluding hydrogens is 327 g/mol. The molecule has 23 heavy (non-hydrogen) atoms. The fraction of sp³-hybridized carbons (Fsp3) is 0.333. The zero-order valence-electron chi connectivity index (χ0n) is 12.1. The lowest BCUT2D eigenvalue weighted by molar-refractivity contribution is -0.137. The lowest BCUT2D eigenvalue weighted by Crippen LogP contribution is -2.23. The van der Waals surface area contributed by atoms with E-state index in [1.54, 1.807) is 18.0 Å². The molecule has 8 heteroatoms.